The summed E-state index contributed by atoms with van der Waals surface area (Å²) in [5.41, 5.74) is 0.681. The Kier molecular flexibility index (Phi) is 4.28. The van der Waals surface area contributed by atoms with Crippen molar-refractivity contribution in [2.75, 3.05) is 19.6 Å². The van der Waals surface area contributed by atoms with E-state index in [9.17, 15) is 8.42 Å². The first-order valence-corrected chi connectivity index (χ1v) is 9.41. The van der Waals surface area contributed by atoms with Gasteiger partial charge in [0.15, 0.2) is 0 Å². The van der Waals surface area contributed by atoms with E-state index in [-0.39, 0.29) is 11.9 Å². The Morgan fingerprint density at radius 2 is 2.05 bits per heavy atom. The Morgan fingerprint density at radius 3 is 2.81 bits per heavy atom. The molecular weight excluding hydrogens is 308 g/mol. The van der Waals surface area contributed by atoms with Crippen molar-refractivity contribution in [1.82, 2.24) is 9.21 Å². The second-order valence-corrected chi connectivity index (χ2v) is 8.08. The predicted molar refractivity (Wildman–Crippen MR) is 83.9 cm³/mol. The maximum Gasteiger partial charge on any atom is 0.243 e. The molecule has 0 amide bonds. The van der Waals surface area contributed by atoms with Crippen molar-refractivity contribution >= 4 is 21.6 Å². The molecule has 2 atom stereocenters. The van der Waals surface area contributed by atoms with Crippen molar-refractivity contribution in [2.45, 2.75) is 42.6 Å². The molecule has 2 heterocycles. The smallest absolute Gasteiger partial charge is 0.243 e. The molecule has 3 rings (SSSR count). The van der Waals surface area contributed by atoms with Crippen LogP contribution < -0.4 is 0 Å². The lowest BCUT2D eigenvalue weighted by molar-refractivity contribution is 0.117. The number of halogens is 1. The van der Waals surface area contributed by atoms with Gasteiger partial charge in [-0.2, -0.15) is 4.31 Å². The van der Waals surface area contributed by atoms with Gasteiger partial charge < -0.3 is 0 Å². The zero-order valence-electron chi connectivity index (χ0n) is 12.2. The number of sulfonamides is 1. The molecule has 0 spiro atoms. The Morgan fingerprint density at radius 1 is 1.29 bits per heavy atom. The van der Waals surface area contributed by atoms with Crippen molar-refractivity contribution in [3.05, 3.63) is 29.8 Å². The minimum atomic E-state index is -3.47. The zero-order valence-corrected chi connectivity index (χ0v) is 13.8. The Labute approximate surface area is 131 Å². The summed E-state index contributed by atoms with van der Waals surface area (Å²) in [6.07, 6.45) is 2.26. The highest BCUT2D eigenvalue weighted by atomic mass is 35.5. The third-order valence-corrected chi connectivity index (χ3v) is 6.95. The number of fused-ring (bicyclic) bond motifs is 1. The van der Waals surface area contributed by atoms with Gasteiger partial charge in [0.2, 0.25) is 10.0 Å². The second kappa shape index (κ2) is 5.88. The molecule has 2 aliphatic heterocycles. The Balaban J connectivity index is 1.94. The van der Waals surface area contributed by atoms with E-state index < -0.39 is 10.0 Å². The van der Waals surface area contributed by atoms with E-state index >= 15 is 0 Å². The standard InChI is InChI=1S/C15H21ClN2O2S/c1-12-10-17-8-4-6-14(17)11-18(12)21(19,20)15-7-3-2-5-13(15)9-16/h2-3,5,7,12,14H,4,6,8-11H2,1H3. The quantitative estimate of drug-likeness (QED) is 0.799. The van der Waals surface area contributed by atoms with E-state index in [1.165, 1.54) is 6.42 Å². The molecule has 0 aliphatic carbocycles. The maximum absolute atomic E-state index is 13.0. The molecule has 0 N–H and O–H groups in total. The molecule has 4 nitrogen and oxygen atoms in total. The molecular formula is C15H21ClN2O2S. The van der Waals surface area contributed by atoms with Crippen LogP contribution in [0.1, 0.15) is 25.3 Å². The van der Waals surface area contributed by atoms with Crippen LogP contribution in [0.3, 0.4) is 0 Å². The molecule has 21 heavy (non-hydrogen) atoms. The molecule has 2 fully saturated rings. The van der Waals surface area contributed by atoms with Crippen molar-refractivity contribution < 1.29 is 8.42 Å². The summed E-state index contributed by atoms with van der Waals surface area (Å²) in [6, 6.07) is 7.43. The van der Waals surface area contributed by atoms with Gasteiger partial charge in [-0.15, -0.1) is 11.6 Å². The number of nitrogens with zero attached hydrogens (tertiary/aromatic N) is 2. The molecule has 2 aliphatic rings. The minimum absolute atomic E-state index is 0.00716. The van der Waals surface area contributed by atoms with Crippen molar-refractivity contribution in [1.29, 1.82) is 0 Å². The summed E-state index contributed by atoms with van der Waals surface area (Å²) >= 11 is 5.91. The summed E-state index contributed by atoms with van der Waals surface area (Å²) in [7, 11) is -3.47. The fraction of sp³-hybridized carbons (Fsp3) is 0.600. The topological polar surface area (TPSA) is 40.6 Å². The monoisotopic (exact) mass is 328 g/mol. The van der Waals surface area contributed by atoms with Crippen molar-refractivity contribution in [3.8, 4) is 0 Å². The first-order chi connectivity index (χ1) is 10.0. The number of rotatable bonds is 3. The van der Waals surface area contributed by atoms with Crippen LogP contribution >= 0.6 is 11.6 Å². The average molecular weight is 329 g/mol. The van der Waals surface area contributed by atoms with Crippen molar-refractivity contribution in [2.24, 2.45) is 0 Å². The molecule has 0 saturated carbocycles. The lowest BCUT2D eigenvalue weighted by Crippen LogP contribution is -2.56. The SMILES string of the molecule is CC1CN2CCCC2CN1S(=O)(=O)c1ccccc1CCl. The molecule has 2 unspecified atom stereocenters. The van der Waals surface area contributed by atoms with E-state index in [1.807, 2.05) is 13.0 Å². The van der Waals surface area contributed by atoms with Crippen LogP contribution in [-0.2, 0) is 15.9 Å². The fourth-order valence-corrected chi connectivity index (χ4v) is 5.68. The van der Waals surface area contributed by atoms with Gasteiger partial charge in [0.25, 0.3) is 0 Å². The lowest BCUT2D eigenvalue weighted by Gasteiger charge is -2.41. The third kappa shape index (κ3) is 2.72. The van der Waals surface area contributed by atoms with E-state index in [1.54, 1.807) is 22.5 Å². The summed E-state index contributed by atoms with van der Waals surface area (Å²) in [4.78, 5) is 2.78. The molecule has 1 aromatic rings. The highest BCUT2D eigenvalue weighted by molar-refractivity contribution is 7.89. The molecule has 0 radical (unpaired) electrons. The Hall–Kier alpha value is -0.620. The Bertz CT molecular complexity index is 620. The largest absolute Gasteiger partial charge is 0.297 e. The summed E-state index contributed by atoms with van der Waals surface area (Å²) < 4.78 is 27.7. The zero-order chi connectivity index (χ0) is 15.0. The molecule has 0 aromatic heterocycles. The summed E-state index contributed by atoms with van der Waals surface area (Å²) in [5, 5.41) is 0. The molecule has 116 valence electrons. The second-order valence-electron chi connectivity index (χ2n) is 5.96. The lowest BCUT2D eigenvalue weighted by atomic mass is 10.1. The van der Waals surface area contributed by atoms with Crippen LogP contribution in [0, 0.1) is 0 Å². The van der Waals surface area contributed by atoms with Gasteiger partial charge in [0.05, 0.1) is 4.90 Å². The minimum Gasteiger partial charge on any atom is -0.297 e. The predicted octanol–water partition coefficient (Wildman–Crippen LogP) is 2.28. The van der Waals surface area contributed by atoms with Gasteiger partial charge in [-0.05, 0) is 37.9 Å². The number of alkyl halides is 1. The van der Waals surface area contributed by atoms with Gasteiger partial charge in [-0.1, -0.05) is 18.2 Å². The third-order valence-electron chi connectivity index (χ3n) is 4.58. The molecule has 6 heteroatoms. The molecule has 1 aromatic carbocycles. The van der Waals surface area contributed by atoms with Crippen molar-refractivity contribution in [3.63, 3.8) is 0 Å². The van der Waals surface area contributed by atoms with Gasteiger partial charge in [-0.25, -0.2) is 8.42 Å². The highest BCUT2D eigenvalue weighted by Gasteiger charge is 2.40. The van der Waals surface area contributed by atoms with Gasteiger partial charge in [0.1, 0.15) is 0 Å². The van der Waals surface area contributed by atoms with Crippen LogP contribution in [0.5, 0.6) is 0 Å². The van der Waals surface area contributed by atoms with E-state index in [0.29, 0.717) is 23.0 Å². The van der Waals surface area contributed by atoms with E-state index in [4.69, 9.17) is 11.6 Å². The average Bonchev–Trinajstić information content (AvgIpc) is 2.93. The van der Waals surface area contributed by atoms with E-state index in [0.717, 1.165) is 19.5 Å². The molecule has 2 saturated heterocycles. The number of hydrogen-bond donors (Lipinski definition) is 0. The normalized spacial score (nSPS) is 27.7. The van der Waals surface area contributed by atoms with Gasteiger partial charge in [-0.3, -0.25) is 4.90 Å². The highest BCUT2D eigenvalue weighted by Crippen LogP contribution is 2.30. The van der Waals surface area contributed by atoms with Crippen LogP contribution in [0.4, 0.5) is 0 Å². The molecule has 0 bridgehead atoms. The van der Waals surface area contributed by atoms with Crippen LogP contribution in [0.2, 0.25) is 0 Å². The summed E-state index contributed by atoms with van der Waals surface area (Å²) in [5.74, 6) is 0.215. The van der Waals surface area contributed by atoms with Crippen LogP contribution in [-0.4, -0.2) is 49.3 Å². The van der Waals surface area contributed by atoms with Crippen LogP contribution in [0.25, 0.3) is 0 Å². The fourth-order valence-electron chi connectivity index (χ4n) is 3.49. The first-order valence-electron chi connectivity index (χ1n) is 7.44. The number of benzene rings is 1. The van der Waals surface area contributed by atoms with Gasteiger partial charge in [0, 0.05) is 31.1 Å². The van der Waals surface area contributed by atoms with E-state index in [2.05, 4.69) is 4.90 Å². The first kappa shape index (κ1) is 15.3. The summed E-state index contributed by atoms with van der Waals surface area (Å²) in [6.45, 7) is 4.52. The van der Waals surface area contributed by atoms with Gasteiger partial charge >= 0.3 is 0 Å². The maximum atomic E-state index is 13.0. The number of hydrogen-bond acceptors (Lipinski definition) is 3. The van der Waals surface area contributed by atoms with Crippen LogP contribution in [0.15, 0.2) is 29.2 Å². The number of piperazine rings is 1.